The summed E-state index contributed by atoms with van der Waals surface area (Å²) in [5.74, 6) is 1.92. The Kier molecular flexibility index (Phi) is 5.93. The third-order valence-corrected chi connectivity index (χ3v) is 4.56. The molecule has 3 atom stereocenters. The number of methoxy groups -OCH3 is 1. The van der Waals surface area contributed by atoms with Gasteiger partial charge in [0.1, 0.15) is 0 Å². The molecule has 2 rings (SSSR count). The molecule has 3 unspecified atom stereocenters. The number of ether oxygens (including phenoxy) is 1. The SMILES string of the molecule is CCCNCC(COC)N1CC2CCCC(C2)C1. The summed E-state index contributed by atoms with van der Waals surface area (Å²) < 4.78 is 5.43. The third-order valence-electron chi connectivity index (χ3n) is 4.56. The molecule has 1 aliphatic heterocycles. The van der Waals surface area contributed by atoms with E-state index in [0.717, 1.165) is 31.5 Å². The molecule has 1 saturated carbocycles. The van der Waals surface area contributed by atoms with Crippen molar-refractivity contribution in [2.45, 2.75) is 45.1 Å². The Labute approximate surface area is 112 Å². The monoisotopic (exact) mass is 254 g/mol. The van der Waals surface area contributed by atoms with E-state index in [-0.39, 0.29) is 0 Å². The molecule has 2 aliphatic rings. The van der Waals surface area contributed by atoms with E-state index in [4.69, 9.17) is 4.74 Å². The van der Waals surface area contributed by atoms with Crippen molar-refractivity contribution in [3.05, 3.63) is 0 Å². The lowest BCUT2D eigenvalue weighted by atomic mass is 9.77. The first-order chi connectivity index (χ1) is 8.83. The summed E-state index contributed by atoms with van der Waals surface area (Å²) in [5.41, 5.74) is 0. The number of hydrogen-bond acceptors (Lipinski definition) is 3. The minimum atomic E-state index is 0.574. The zero-order valence-electron chi connectivity index (χ0n) is 12.2. The van der Waals surface area contributed by atoms with Crippen LogP contribution in [0.2, 0.25) is 0 Å². The summed E-state index contributed by atoms with van der Waals surface area (Å²) in [4.78, 5) is 2.70. The molecule has 0 spiro atoms. The molecule has 2 bridgehead atoms. The van der Waals surface area contributed by atoms with E-state index in [0.29, 0.717) is 6.04 Å². The Morgan fingerprint density at radius 3 is 2.61 bits per heavy atom. The summed E-state index contributed by atoms with van der Waals surface area (Å²) >= 11 is 0. The normalized spacial score (nSPS) is 30.3. The third kappa shape index (κ3) is 3.94. The lowest BCUT2D eigenvalue weighted by molar-refractivity contribution is 0.0202. The number of nitrogens with one attached hydrogen (secondary N) is 1. The molecule has 0 aromatic carbocycles. The molecule has 0 radical (unpaired) electrons. The van der Waals surface area contributed by atoms with Crippen LogP contribution in [-0.4, -0.2) is 50.8 Å². The summed E-state index contributed by atoms with van der Waals surface area (Å²) in [5, 5.41) is 3.56. The maximum Gasteiger partial charge on any atom is 0.0630 e. The Bertz CT molecular complexity index is 223. The van der Waals surface area contributed by atoms with Crippen LogP contribution in [0, 0.1) is 11.8 Å². The maximum atomic E-state index is 5.43. The molecule has 1 aliphatic carbocycles. The molecule has 1 heterocycles. The second-order valence-corrected chi connectivity index (χ2v) is 6.17. The minimum Gasteiger partial charge on any atom is -0.383 e. The molecule has 0 amide bonds. The van der Waals surface area contributed by atoms with Crippen molar-refractivity contribution in [2.75, 3.05) is 39.9 Å². The van der Waals surface area contributed by atoms with Crippen molar-refractivity contribution in [2.24, 2.45) is 11.8 Å². The van der Waals surface area contributed by atoms with Crippen molar-refractivity contribution >= 4 is 0 Å². The van der Waals surface area contributed by atoms with Crippen LogP contribution in [0.1, 0.15) is 39.0 Å². The van der Waals surface area contributed by atoms with E-state index in [1.165, 1.54) is 45.2 Å². The highest BCUT2D eigenvalue weighted by atomic mass is 16.5. The first-order valence-corrected chi connectivity index (χ1v) is 7.77. The lowest BCUT2D eigenvalue weighted by Crippen LogP contribution is -2.52. The first kappa shape index (κ1) is 14.3. The molecule has 106 valence electrons. The quantitative estimate of drug-likeness (QED) is 0.704. The Morgan fingerprint density at radius 2 is 2.00 bits per heavy atom. The zero-order valence-corrected chi connectivity index (χ0v) is 12.2. The van der Waals surface area contributed by atoms with Gasteiger partial charge in [0, 0.05) is 32.8 Å². The minimum absolute atomic E-state index is 0.574. The predicted molar refractivity (Wildman–Crippen MR) is 75.8 cm³/mol. The van der Waals surface area contributed by atoms with Crippen LogP contribution in [0.3, 0.4) is 0 Å². The van der Waals surface area contributed by atoms with Gasteiger partial charge in [-0.1, -0.05) is 13.3 Å². The van der Waals surface area contributed by atoms with Crippen LogP contribution in [0.15, 0.2) is 0 Å². The second kappa shape index (κ2) is 7.46. The molecular formula is C15H30N2O. The molecule has 0 aromatic rings. The molecule has 0 aromatic heterocycles. The topological polar surface area (TPSA) is 24.5 Å². The molecule has 3 nitrogen and oxygen atoms in total. The molecule has 3 heteroatoms. The Hall–Kier alpha value is -0.120. The number of nitrogens with zero attached hydrogens (tertiary/aromatic N) is 1. The van der Waals surface area contributed by atoms with Crippen molar-refractivity contribution < 1.29 is 4.74 Å². The van der Waals surface area contributed by atoms with Gasteiger partial charge in [-0.05, 0) is 44.1 Å². The fourth-order valence-electron chi connectivity index (χ4n) is 3.70. The molecule has 18 heavy (non-hydrogen) atoms. The van der Waals surface area contributed by atoms with Gasteiger partial charge in [0.05, 0.1) is 6.61 Å². The molecule has 1 saturated heterocycles. The van der Waals surface area contributed by atoms with Crippen LogP contribution in [0.4, 0.5) is 0 Å². The Balaban J connectivity index is 1.84. The summed E-state index contributed by atoms with van der Waals surface area (Å²) in [6.45, 7) is 7.92. The second-order valence-electron chi connectivity index (χ2n) is 6.17. The van der Waals surface area contributed by atoms with Gasteiger partial charge < -0.3 is 10.1 Å². The van der Waals surface area contributed by atoms with Crippen molar-refractivity contribution in [1.82, 2.24) is 10.2 Å². The van der Waals surface area contributed by atoms with Crippen molar-refractivity contribution in [3.63, 3.8) is 0 Å². The number of fused-ring (bicyclic) bond motifs is 2. The van der Waals surface area contributed by atoms with Gasteiger partial charge in [0.25, 0.3) is 0 Å². The van der Waals surface area contributed by atoms with Crippen LogP contribution < -0.4 is 5.32 Å². The molecule has 1 N–H and O–H groups in total. The van der Waals surface area contributed by atoms with Gasteiger partial charge in [0.2, 0.25) is 0 Å². The summed E-state index contributed by atoms with van der Waals surface area (Å²) in [6, 6.07) is 0.574. The fourth-order valence-corrected chi connectivity index (χ4v) is 3.70. The number of rotatable bonds is 7. The fraction of sp³-hybridized carbons (Fsp3) is 1.00. The lowest BCUT2D eigenvalue weighted by Gasteiger charge is -2.44. The smallest absolute Gasteiger partial charge is 0.0630 e. The average Bonchev–Trinajstić information content (AvgIpc) is 2.37. The number of piperidine rings is 1. The highest BCUT2D eigenvalue weighted by molar-refractivity contribution is 4.87. The van der Waals surface area contributed by atoms with Crippen LogP contribution >= 0.6 is 0 Å². The summed E-state index contributed by atoms with van der Waals surface area (Å²) in [6.07, 6.45) is 7.07. The number of likely N-dealkylation sites (tertiary alicyclic amines) is 1. The largest absolute Gasteiger partial charge is 0.383 e. The van der Waals surface area contributed by atoms with Gasteiger partial charge in [-0.2, -0.15) is 0 Å². The van der Waals surface area contributed by atoms with E-state index in [1.54, 1.807) is 0 Å². The Morgan fingerprint density at radius 1 is 1.28 bits per heavy atom. The first-order valence-electron chi connectivity index (χ1n) is 7.77. The van der Waals surface area contributed by atoms with Crippen LogP contribution in [0.25, 0.3) is 0 Å². The van der Waals surface area contributed by atoms with E-state index >= 15 is 0 Å². The van der Waals surface area contributed by atoms with E-state index in [9.17, 15) is 0 Å². The van der Waals surface area contributed by atoms with Gasteiger partial charge in [-0.15, -0.1) is 0 Å². The van der Waals surface area contributed by atoms with E-state index < -0.39 is 0 Å². The van der Waals surface area contributed by atoms with Gasteiger partial charge >= 0.3 is 0 Å². The van der Waals surface area contributed by atoms with Gasteiger partial charge in [-0.25, -0.2) is 0 Å². The standard InChI is InChI=1S/C15H30N2O/c1-3-7-16-9-15(12-18-2)17-10-13-5-4-6-14(8-13)11-17/h13-16H,3-12H2,1-2H3. The number of hydrogen-bond donors (Lipinski definition) is 1. The predicted octanol–water partition coefficient (Wildman–Crippen LogP) is 2.12. The van der Waals surface area contributed by atoms with Gasteiger partial charge in [-0.3, -0.25) is 4.90 Å². The summed E-state index contributed by atoms with van der Waals surface area (Å²) in [7, 11) is 1.83. The van der Waals surface area contributed by atoms with Crippen molar-refractivity contribution in [1.29, 1.82) is 0 Å². The van der Waals surface area contributed by atoms with E-state index in [1.807, 2.05) is 7.11 Å². The van der Waals surface area contributed by atoms with E-state index in [2.05, 4.69) is 17.1 Å². The average molecular weight is 254 g/mol. The van der Waals surface area contributed by atoms with Gasteiger partial charge in [0.15, 0.2) is 0 Å². The maximum absolute atomic E-state index is 5.43. The molecule has 2 fully saturated rings. The van der Waals surface area contributed by atoms with Crippen LogP contribution in [0.5, 0.6) is 0 Å². The molecular weight excluding hydrogens is 224 g/mol. The van der Waals surface area contributed by atoms with Crippen LogP contribution in [-0.2, 0) is 4.74 Å². The highest BCUT2D eigenvalue weighted by Gasteiger charge is 2.33. The zero-order chi connectivity index (χ0) is 12.8. The van der Waals surface area contributed by atoms with Crippen molar-refractivity contribution in [3.8, 4) is 0 Å². The highest BCUT2D eigenvalue weighted by Crippen LogP contribution is 2.34.